The van der Waals surface area contributed by atoms with Gasteiger partial charge < -0.3 is 0 Å². The first-order chi connectivity index (χ1) is 9.85. The Labute approximate surface area is 123 Å². The van der Waals surface area contributed by atoms with Crippen LogP contribution >= 0.6 is 0 Å². The van der Waals surface area contributed by atoms with E-state index in [1.807, 2.05) is 13.0 Å². The molecule has 4 rings (SSSR count). The van der Waals surface area contributed by atoms with Gasteiger partial charge in [-0.25, -0.2) is 13.2 Å². The largest absolute Gasteiger partial charge is 0.212 e. The van der Waals surface area contributed by atoms with E-state index < -0.39 is 11.6 Å². The van der Waals surface area contributed by atoms with E-state index in [0.717, 1.165) is 25.7 Å². The summed E-state index contributed by atoms with van der Waals surface area (Å²) in [6.45, 7) is 3.49. The fourth-order valence-corrected chi connectivity index (χ4v) is 3.34. The lowest BCUT2D eigenvalue weighted by atomic mass is 9.58. The third-order valence-electron chi connectivity index (χ3n) is 5.18. The molecule has 1 aromatic rings. The van der Waals surface area contributed by atoms with E-state index >= 15 is 0 Å². The molecule has 1 saturated carbocycles. The minimum absolute atomic E-state index is 0.0554. The maximum absolute atomic E-state index is 14.1. The molecule has 0 aromatic heterocycles. The maximum Gasteiger partial charge on any atom is 0.166 e. The van der Waals surface area contributed by atoms with Gasteiger partial charge in [-0.05, 0) is 44.2 Å². The predicted molar refractivity (Wildman–Crippen MR) is 78.3 cm³/mol. The van der Waals surface area contributed by atoms with E-state index in [9.17, 15) is 13.2 Å². The van der Waals surface area contributed by atoms with Crippen molar-refractivity contribution in [2.45, 2.75) is 39.5 Å². The van der Waals surface area contributed by atoms with Crippen LogP contribution in [-0.4, -0.2) is 0 Å². The normalized spacial score (nSPS) is 31.8. The summed E-state index contributed by atoms with van der Waals surface area (Å²) in [6, 6.07) is 3.13. The summed E-state index contributed by atoms with van der Waals surface area (Å²) in [7, 11) is 0. The van der Waals surface area contributed by atoms with Gasteiger partial charge in [0.25, 0.3) is 0 Å². The van der Waals surface area contributed by atoms with Crippen LogP contribution in [-0.2, 0) is 0 Å². The zero-order chi connectivity index (χ0) is 15.3. The number of aryl methyl sites for hydroxylation is 1. The van der Waals surface area contributed by atoms with E-state index in [1.165, 1.54) is 6.92 Å². The minimum Gasteiger partial charge on any atom is -0.212 e. The zero-order valence-electron chi connectivity index (χ0n) is 12.3. The van der Waals surface area contributed by atoms with Crippen molar-refractivity contribution >= 4 is 6.08 Å². The maximum atomic E-state index is 14.1. The van der Waals surface area contributed by atoms with Gasteiger partial charge in [-0.15, -0.1) is 0 Å². The monoisotopic (exact) mass is 292 g/mol. The Hall–Kier alpha value is -1.51. The highest BCUT2D eigenvalue weighted by Gasteiger charge is 2.46. The number of halogens is 3. The highest BCUT2D eigenvalue weighted by atomic mass is 19.2. The molecule has 0 aliphatic heterocycles. The standard InChI is InChI=1S/C18H19F3/c1-12-3-4-13(16(21)15(12)20)5-6-18-9-7-17(2,8-10-18)14(19)11-18/h3-6,11H,7-10H2,1-2H3/b6-5+. The Bertz CT molecular complexity index is 632. The molecule has 3 aliphatic carbocycles. The van der Waals surface area contributed by atoms with Gasteiger partial charge >= 0.3 is 0 Å². The van der Waals surface area contributed by atoms with Crippen molar-refractivity contribution in [2.24, 2.45) is 10.8 Å². The first-order valence-corrected chi connectivity index (χ1v) is 7.38. The van der Waals surface area contributed by atoms with Gasteiger partial charge in [-0.1, -0.05) is 31.2 Å². The van der Waals surface area contributed by atoms with Gasteiger partial charge in [0.05, 0.1) is 0 Å². The van der Waals surface area contributed by atoms with Crippen molar-refractivity contribution in [3.63, 3.8) is 0 Å². The van der Waals surface area contributed by atoms with Crippen molar-refractivity contribution in [2.75, 3.05) is 0 Å². The topological polar surface area (TPSA) is 0 Å². The highest BCUT2D eigenvalue weighted by Crippen LogP contribution is 2.56. The second-order valence-corrected chi connectivity index (χ2v) is 6.72. The smallest absolute Gasteiger partial charge is 0.166 e. The van der Waals surface area contributed by atoms with Crippen LogP contribution in [0, 0.1) is 29.4 Å². The van der Waals surface area contributed by atoms with E-state index in [1.54, 1.807) is 24.3 Å². The molecule has 3 aliphatic rings. The SMILES string of the molecule is Cc1ccc(/C=C/C23C=C(F)C(C)(CC2)CC3)c(F)c1F. The molecule has 1 fully saturated rings. The average molecular weight is 292 g/mol. The molecule has 112 valence electrons. The quantitative estimate of drug-likeness (QED) is 0.654. The third-order valence-corrected chi connectivity index (χ3v) is 5.18. The molecule has 0 radical (unpaired) electrons. The number of hydrogen-bond donors (Lipinski definition) is 0. The number of rotatable bonds is 2. The fourth-order valence-electron chi connectivity index (χ4n) is 3.34. The molecular weight excluding hydrogens is 273 g/mol. The second kappa shape index (κ2) is 4.75. The van der Waals surface area contributed by atoms with E-state index in [0.29, 0.717) is 5.56 Å². The predicted octanol–water partition coefficient (Wildman–Crippen LogP) is 5.72. The van der Waals surface area contributed by atoms with Crippen molar-refractivity contribution in [3.8, 4) is 0 Å². The molecule has 1 aromatic carbocycles. The van der Waals surface area contributed by atoms with Crippen LogP contribution in [0.4, 0.5) is 13.2 Å². The van der Waals surface area contributed by atoms with Crippen LogP contribution in [0.15, 0.2) is 30.1 Å². The summed E-state index contributed by atoms with van der Waals surface area (Å²) in [4.78, 5) is 0. The Morgan fingerprint density at radius 3 is 2.29 bits per heavy atom. The summed E-state index contributed by atoms with van der Waals surface area (Å²) in [5.74, 6) is -1.69. The van der Waals surface area contributed by atoms with Gasteiger partial charge in [0.2, 0.25) is 0 Å². The minimum atomic E-state index is -0.830. The molecule has 21 heavy (non-hydrogen) atoms. The molecule has 0 heterocycles. The Morgan fingerprint density at radius 2 is 1.67 bits per heavy atom. The lowest BCUT2D eigenvalue weighted by Gasteiger charge is -2.47. The first-order valence-electron chi connectivity index (χ1n) is 7.38. The molecule has 2 bridgehead atoms. The summed E-state index contributed by atoms with van der Waals surface area (Å²) < 4.78 is 41.6. The summed E-state index contributed by atoms with van der Waals surface area (Å²) in [5, 5.41) is 0. The van der Waals surface area contributed by atoms with Crippen molar-refractivity contribution in [1.29, 1.82) is 0 Å². The lowest BCUT2D eigenvalue weighted by Crippen LogP contribution is -2.36. The average Bonchev–Trinajstić information content (AvgIpc) is 2.46. The first kappa shape index (κ1) is 14.4. The molecule has 0 nitrogen and oxygen atoms in total. The summed E-state index contributed by atoms with van der Waals surface area (Å²) >= 11 is 0. The van der Waals surface area contributed by atoms with Gasteiger partial charge in [-0.2, -0.15) is 0 Å². The van der Waals surface area contributed by atoms with Gasteiger partial charge in [0.1, 0.15) is 5.83 Å². The molecule has 0 atom stereocenters. The Morgan fingerprint density at radius 1 is 1.00 bits per heavy atom. The van der Waals surface area contributed by atoms with Crippen molar-refractivity contribution in [1.82, 2.24) is 0 Å². The summed E-state index contributed by atoms with van der Waals surface area (Å²) in [6.07, 6.45) is 8.47. The van der Waals surface area contributed by atoms with Crippen molar-refractivity contribution < 1.29 is 13.2 Å². The number of benzene rings is 1. The van der Waals surface area contributed by atoms with E-state index in [4.69, 9.17) is 0 Å². The van der Waals surface area contributed by atoms with Gasteiger partial charge in [0, 0.05) is 16.4 Å². The van der Waals surface area contributed by atoms with Crippen LogP contribution in [0.3, 0.4) is 0 Å². The molecule has 0 spiro atoms. The molecule has 0 saturated heterocycles. The Balaban J connectivity index is 1.93. The summed E-state index contributed by atoms with van der Waals surface area (Å²) in [5.41, 5.74) is -0.132. The molecule has 3 heteroatoms. The van der Waals surface area contributed by atoms with Crippen LogP contribution in [0.2, 0.25) is 0 Å². The molecule has 0 amide bonds. The second-order valence-electron chi connectivity index (χ2n) is 6.72. The number of hydrogen-bond acceptors (Lipinski definition) is 0. The lowest BCUT2D eigenvalue weighted by molar-refractivity contribution is 0.127. The van der Waals surface area contributed by atoms with E-state index in [2.05, 4.69) is 0 Å². The fraction of sp³-hybridized carbons (Fsp3) is 0.444. The zero-order valence-corrected chi connectivity index (χ0v) is 12.3. The Kier molecular flexibility index (Phi) is 3.27. The van der Waals surface area contributed by atoms with Crippen LogP contribution < -0.4 is 0 Å². The molecule has 0 N–H and O–H groups in total. The van der Waals surface area contributed by atoms with Crippen LogP contribution in [0.5, 0.6) is 0 Å². The number of fused-ring (bicyclic) bond motifs is 2. The molecular formula is C18H19F3. The molecule has 0 unspecified atom stereocenters. The van der Waals surface area contributed by atoms with Crippen LogP contribution in [0.25, 0.3) is 6.08 Å². The third kappa shape index (κ3) is 2.33. The van der Waals surface area contributed by atoms with Gasteiger partial charge in [0.15, 0.2) is 11.6 Å². The van der Waals surface area contributed by atoms with Crippen molar-refractivity contribution in [3.05, 3.63) is 52.9 Å². The van der Waals surface area contributed by atoms with Crippen LogP contribution in [0.1, 0.15) is 43.7 Å². The highest BCUT2D eigenvalue weighted by molar-refractivity contribution is 5.53. The number of allylic oxidation sites excluding steroid dienone is 3. The van der Waals surface area contributed by atoms with Gasteiger partial charge in [-0.3, -0.25) is 0 Å². The van der Waals surface area contributed by atoms with E-state index in [-0.39, 0.29) is 22.2 Å².